The highest BCUT2D eigenvalue weighted by Gasteiger charge is 2.38. The molecule has 8 heteroatoms. The van der Waals surface area contributed by atoms with Crippen LogP contribution in [0.3, 0.4) is 0 Å². The minimum Gasteiger partial charge on any atom is -0.396 e. The lowest BCUT2D eigenvalue weighted by Crippen LogP contribution is -2.36. The van der Waals surface area contributed by atoms with Gasteiger partial charge in [-0.15, -0.1) is 0 Å². The van der Waals surface area contributed by atoms with Crippen molar-refractivity contribution in [3.63, 3.8) is 0 Å². The van der Waals surface area contributed by atoms with Gasteiger partial charge in [-0.05, 0) is 40.9 Å². The summed E-state index contributed by atoms with van der Waals surface area (Å²) < 4.78 is 45.2. The molecular weight excluding hydrogens is 351 g/mol. The highest BCUT2D eigenvalue weighted by atomic mass is 79.9. The number of nitrogens with zero attached hydrogens (tertiary/aromatic N) is 1. The molecule has 1 aliphatic carbocycles. The number of ether oxygens (including phenoxy) is 1. The largest absolute Gasteiger partial charge is 0.396 e. The molecule has 1 aromatic rings. The molecule has 112 valence electrons. The summed E-state index contributed by atoms with van der Waals surface area (Å²) in [6.07, 6.45) is 1.66. The second kappa shape index (κ2) is 5.97. The molecule has 0 unspecified atom stereocenters. The first-order valence-corrected chi connectivity index (χ1v) is 8.36. The third-order valence-electron chi connectivity index (χ3n) is 3.11. The summed E-state index contributed by atoms with van der Waals surface area (Å²) >= 11 is 3.09. The lowest BCUT2D eigenvalue weighted by Gasteiger charge is -2.22. The maximum Gasteiger partial charge on any atom is 0.244 e. The first-order chi connectivity index (χ1) is 9.37. The van der Waals surface area contributed by atoms with Crippen molar-refractivity contribution in [2.45, 2.75) is 23.8 Å². The molecule has 1 aliphatic rings. The predicted molar refractivity (Wildman–Crippen MR) is 77.3 cm³/mol. The molecule has 0 saturated heterocycles. The summed E-state index contributed by atoms with van der Waals surface area (Å²) in [7, 11) is -2.20. The molecule has 1 saturated carbocycles. The summed E-state index contributed by atoms with van der Waals surface area (Å²) in [6, 6.07) is 2.22. The van der Waals surface area contributed by atoms with Crippen molar-refractivity contribution in [2.24, 2.45) is 0 Å². The maximum absolute atomic E-state index is 13.3. The van der Waals surface area contributed by atoms with Gasteiger partial charge in [0.1, 0.15) is 5.82 Å². The van der Waals surface area contributed by atoms with Crippen LogP contribution in [0.4, 0.5) is 10.1 Å². The molecule has 2 N–H and O–H groups in total. The van der Waals surface area contributed by atoms with Gasteiger partial charge in [-0.25, -0.2) is 12.8 Å². The molecule has 0 heterocycles. The van der Waals surface area contributed by atoms with Crippen LogP contribution in [0.1, 0.15) is 12.8 Å². The Bertz CT molecular complexity index is 605. The smallest absolute Gasteiger partial charge is 0.244 e. The van der Waals surface area contributed by atoms with E-state index < -0.39 is 15.8 Å². The Hall–Kier alpha value is -0.700. The van der Waals surface area contributed by atoms with E-state index in [2.05, 4.69) is 15.9 Å². The number of hydrogen-bond acceptors (Lipinski definition) is 4. The number of hydrogen-bond donors (Lipinski definition) is 1. The van der Waals surface area contributed by atoms with Crippen molar-refractivity contribution in [3.05, 3.63) is 22.4 Å². The first-order valence-electron chi connectivity index (χ1n) is 6.13. The van der Waals surface area contributed by atoms with Crippen molar-refractivity contribution < 1.29 is 17.5 Å². The van der Waals surface area contributed by atoms with Crippen LogP contribution >= 0.6 is 15.9 Å². The number of sulfonamides is 1. The number of nitrogen functional groups attached to an aromatic ring is 1. The summed E-state index contributed by atoms with van der Waals surface area (Å²) in [5, 5.41) is 0. The molecule has 0 atom stereocenters. The van der Waals surface area contributed by atoms with Gasteiger partial charge in [-0.2, -0.15) is 4.31 Å². The van der Waals surface area contributed by atoms with E-state index in [1.807, 2.05) is 0 Å². The molecule has 2 rings (SSSR count). The fraction of sp³-hybridized carbons (Fsp3) is 0.500. The minimum atomic E-state index is -3.72. The van der Waals surface area contributed by atoms with Gasteiger partial charge in [-0.1, -0.05) is 0 Å². The Labute approximate surface area is 126 Å². The Morgan fingerprint density at radius 1 is 1.50 bits per heavy atom. The highest BCUT2D eigenvalue weighted by Crippen LogP contribution is 2.35. The van der Waals surface area contributed by atoms with E-state index in [-0.39, 0.29) is 27.6 Å². The van der Waals surface area contributed by atoms with Crippen molar-refractivity contribution in [2.75, 3.05) is 26.0 Å². The van der Waals surface area contributed by atoms with Crippen LogP contribution < -0.4 is 5.73 Å². The van der Waals surface area contributed by atoms with E-state index in [4.69, 9.17) is 10.5 Å². The van der Waals surface area contributed by atoms with Crippen LogP contribution in [-0.2, 0) is 14.8 Å². The Morgan fingerprint density at radius 3 is 2.70 bits per heavy atom. The number of methoxy groups -OCH3 is 1. The van der Waals surface area contributed by atoms with E-state index in [0.717, 1.165) is 25.0 Å². The Morgan fingerprint density at radius 2 is 2.15 bits per heavy atom. The van der Waals surface area contributed by atoms with Gasteiger partial charge >= 0.3 is 0 Å². The number of rotatable bonds is 6. The van der Waals surface area contributed by atoms with E-state index in [9.17, 15) is 12.8 Å². The average molecular weight is 367 g/mol. The molecular formula is C12H16BrFN2O3S. The SMILES string of the molecule is COCCN(C1CC1)S(=O)(=O)c1cc(N)c(F)cc1Br. The van der Waals surface area contributed by atoms with E-state index in [1.54, 1.807) is 0 Å². The Balaban J connectivity index is 2.39. The molecule has 0 aromatic heterocycles. The third kappa shape index (κ3) is 3.13. The quantitative estimate of drug-likeness (QED) is 0.781. The lowest BCUT2D eigenvalue weighted by molar-refractivity contribution is 0.177. The summed E-state index contributed by atoms with van der Waals surface area (Å²) in [6.45, 7) is 0.581. The first kappa shape index (κ1) is 15.7. The van der Waals surface area contributed by atoms with Crippen LogP contribution in [0, 0.1) is 5.82 Å². The second-order valence-corrected chi connectivity index (χ2v) is 7.36. The molecule has 0 bridgehead atoms. The van der Waals surface area contributed by atoms with Gasteiger partial charge in [0.05, 0.1) is 17.2 Å². The zero-order chi connectivity index (χ0) is 14.9. The van der Waals surface area contributed by atoms with Crippen LogP contribution in [0.2, 0.25) is 0 Å². The van der Waals surface area contributed by atoms with Crippen molar-refractivity contribution >= 4 is 31.6 Å². The molecule has 5 nitrogen and oxygen atoms in total. The summed E-state index contributed by atoms with van der Waals surface area (Å²) in [5.41, 5.74) is 5.29. The van der Waals surface area contributed by atoms with Gasteiger partial charge in [-0.3, -0.25) is 0 Å². The monoisotopic (exact) mass is 366 g/mol. The molecule has 1 aromatic carbocycles. The number of benzene rings is 1. The zero-order valence-corrected chi connectivity index (χ0v) is 13.4. The van der Waals surface area contributed by atoms with Gasteiger partial charge in [0.2, 0.25) is 10.0 Å². The third-order valence-corrected chi connectivity index (χ3v) is 6.02. The summed E-state index contributed by atoms with van der Waals surface area (Å²) in [5.74, 6) is -0.648. The van der Waals surface area contributed by atoms with E-state index in [1.165, 1.54) is 11.4 Å². The Kier molecular flexibility index (Phi) is 4.68. The molecule has 20 heavy (non-hydrogen) atoms. The predicted octanol–water partition coefficient (Wildman–Crippen LogP) is 1.97. The second-order valence-electron chi connectivity index (χ2n) is 4.64. The van der Waals surface area contributed by atoms with Crippen LogP contribution in [0.15, 0.2) is 21.5 Å². The van der Waals surface area contributed by atoms with E-state index in [0.29, 0.717) is 6.61 Å². The lowest BCUT2D eigenvalue weighted by atomic mass is 10.3. The topological polar surface area (TPSA) is 72.6 Å². The zero-order valence-electron chi connectivity index (χ0n) is 11.0. The minimum absolute atomic E-state index is 0.00618. The number of halogens is 2. The average Bonchev–Trinajstić information content (AvgIpc) is 3.18. The molecule has 0 radical (unpaired) electrons. The van der Waals surface area contributed by atoms with Crippen LogP contribution in [0.25, 0.3) is 0 Å². The molecule has 0 amide bonds. The van der Waals surface area contributed by atoms with Crippen LogP contribution in [-0.4, -0.2) is 39.0 Å². The molecule has 0 spiro atoms. The fourth-order valence-corrected chi connectivity index (χ4v) is 4.59. The fourth-order valence-electron chi connectivity index (χ4n) is 1.91. The molecule has 0 aliphatic heterocycles. The number of anilines is 1. The van der Waals surface area contributed by atoms with Crippen molar-refractivity contribution in [1.82, 2.24) is 4.31 Å². The van der Waals surface area contributed by atoms with E-state index >= 15 is 0 Å². The number of nitrogens with two attached hydrogens (primary N) is 1. The van der Waals surface area contributed by atoms with Gasteiger partial charge in [0, 0.05) is 24.2 Å². The molecule has 1 fully saturated rings. The van der Waals surface area contributed by atoms with Gasteiger partial charge in [0.25, 0.3) is 0 Å². The van der Waals surface area contributed by atoms with Gasteiger partial charge in [0.15, 0.2) is 0 Å². The standard InChI is InChI=1S/C12H16BrFN2O3S/c1-19-5-4-16(8-2-3-8)20(17,18)12-7-11(15)10(14)6-9(12)13/h6-8H,2-5,15H2,1H3. The van der Waals surface area contributed by atoms with Gasteiger partial charge < -0.3 is 10.5 Å². The highest BCUT2D eigenvalue weighted by molar-refractivity contribution is 9.10. The van der Waals surface area contributed by atoms with Crippen molar-refractivity contribution in [3.8, 4) is 0 Å². The maximum atomic E-state index is 13.3. The van der Waals surface area contributed by atoms with Crippen molar-refractivity contribution in [1.29, 1.82) is 0 Å². The summed E-state index contributed by atoms with van der Waals surface area (Å²) in [4.78, 5) is -0.0144. The normalized spacial score (nSPS) is 15.8. The van der Waals surface area contributed by atoms with Crippen LogP contribution in [0.5, 0.6) is 0 Å².